The monoisotopic (exact) mass is 289 g/mol. The predicted molar refractivity (Wildman–Crippen MR) is 83.2 cm³/mol. The van der Waals surface area contributed by atoms with Crippen molar-refractivity contribution in [2.24, 2.45) is 4.99 Å². The second-order valence-corrected chi connectivity index (χ2v) is 5.61. The van der Waals surface area contributed by atoms with Crippen molar-refractivity contribution in [3.05, 3.63) is 23.3 Å². The molecule has 2 aliphatic rings. The highest BCUT2D eigenvalue weighted by Gasteiger charge is 2.22. The Bertz CT molecular complexity index is 557. The molecular formula is C16H23N3O2. The molecule has 0 saturated carbocycles. The van der Waals surface area contributed by atoms with Gasteiger partial charge in [-0.3, -0.25) is 4.99 Å². The maximum atomic E-state index is 5.85. The molecule has 5 heteroatoms. The Morgan fingerprint density at radius 3 is 3.05 bits per heavy atom. The minimum absolute atomic E-state index is 0.253. The Morgan fingerprint density at radius 2 is 2.33 bits per heavy atom. The minimum Gasteiger partial charge on any atom is -0.494 e. The zero-order chi connectivity index (χ0) is 14.8. The molecule has 0 radical (unpaired) electrons. The third kappa shape index (κ3) is 2.91. The highest BCUT2D eigenvalue weighted by molar-refractivity contribution is 5.81. The number of likely N-dealkylation sites (N-methyl/N-ethyl adjacent to an activating group) is 1. The van der Waals surface area contributed by atoms with Crippen LogP contribution in [0.25, 0.3) is 0 Å². The molecule has 1 aromatic rings. The molecule has 0 amide bonds. The summed E-state index contributed by atoms with van der Waals surface area (Å²) in [7, 11) is 2.05. The summed E-state index contributed by atoms with van der Waals surface area (Å²) in [6, 6.07) is 4.23. The van der Waals surface area contributed by atoms with E-state index in [0.717, 1.165) is 42.5 Å². The number of ether oxygens (including phenoxy) is 2. The first-order valence-corrected chi connectivity index (χ1v) is 7.62. The quantitative estimate of drug-likeness (QED) is 0.918. The van der Waals surface area contributed by atoms with Crippen LogP contribution < -0.4 is 14.8 Å². The number of hydrogen-bond donors (Lipinski definition) is 1. The van der Waals surface area contributed by atoms with E-state index < -0.39 is 0 Å². The second-order valence-electron chi connectivity index (χ2n) is 5.61. The van der Waals surface area contributed by atoms with Crippen LogP contribution in [0, 0.1) is 0 Å². The summed E-state index contributed by atoms with van der Waals surface area (Å²) in [6.07, 6.45) is 1.21. The Balaban J connectivity index is 1.78. The van der Waals surface area contributed by atoms with Crippen LogP contribution in [0.4, 0.5) is 0 Å². The number of fused-ring (bicyclic) bond motifs is 1. The molecule has 0 aliphatic carbocycles. The SMILES string of the molecule is CCOc1cc2c(cc1CNC1=NCCN1C)OC(C)C2. The number of benzene rings is 1. The van der Waals surface area contributed by atoms with Gasteiger partial charge < -0.3 is 19.7 Å². The van der Waals surface area contributed by atoms with Gasteiger partial charge in [0.05, 0.1) is 13.2 Å². The third-order valence-corrected chi connectivity index (χ3v) is 3.87. The predicted octanol–water partition coefficient (Wildman–Crippen LogP) is 1.80. The standard InChI is InChI=1S/C16H23N3O2/c1-4-20-14-8-12-7-11(2)21-15(12)9-13(14)10-18-16-17-5-6-19(16)3/h8-9,11H,4-7,10H2,1-3H3,(H,17,18). The van der Waals surface area contributed by atoms with E-state index in [1.54, 1.807) is 0 Å². The van der Waals surface area contributed by atoms with Crippen molar-refractivity contribution >= 4 is 5.96 Å². The lowest BCUT2D eigenvalue weighted by molar-refractivity contribution is 0.254. The molecule has 2 aliphatic heterocycles. The molecule has 0 fully saturated rings. The lowest BCUT2D eigenvalue weighted by Gasteiger charge is -2.17. The van der Waals surface area contributed by atoms with E-state index in [-0.39, 0.29) is 6.10 Å². The van der Waals surface area contributed by atoms with Crippen molar-refractivity contribution in [1.29, 1.82) is 0 Å². The van der Waals surface area contributed by atoms with Gasteiger partial charge in [0.2, 0.25) is 0 Å². The summed E-state index contributed by atoms with van der Waals surface area (Å²) >= 11 is 0. The molecule has 3 rings (SSSR count). The fourth-order valence-corrected chi connectivity index (χ4v) is 2.81. The van der Waals surface area contributed by atoms with E-state index in [4.69, 9.17) is 9.47 Å². The van der Waals surface area contributed by atoms with Gasteiger partial charge >= 0.3 is 0 Å². The Hall–Kier alpha value is -1.91. The number of nitrogens with one attached hydrogen (secondary N) is 1. The van der Waals surface area contributed by atoms with Gasteiger partial charge in [-0.05, 0) is 26.0 Å². The van der Waals surface area contributed by atoms with Crippen LogP contribution in [-0.4, -0.2) is 43.7 Å². The molecule has 1 N–H and O–H groups in total. The molecule has 0 spiro atoms. The number of guanidine groups is 1. The fourth-order valence-electron chi connectivity index (χ4n) is 2.81. The summed E-state index contributed by atoms with van der Waals surface area (Å²) in [5.41, 5.74) is 2.36. The van der Waals surface area contributed by atoms with E-state index in [1.165, 1.54) is 5.56 Å². The van der Waals surface area contributed by atoms with E-state index in [1.807, 2.05) is 6.92 Å². The van der Waals surface area contributed by atoms with Crippen LogP contribution in [0.2, 0.25) is 0 Å². The summed E-state index contributed by atoms with van der Waals surface area (Å²) in [5, 5.41) is 3.39. The number of aliphatic imine (C=N–C) groups is 1. The van der Waals surface area contributed by atoms with Crippen molar-refractivity contribution in [3.63, 3.8) is 0 Å². The molecule has 0 saturated heterocycles. The largest absolute Gasteiger partial charge is 0.494 e. The highest BCUT2D eigenvalue weighted by atomic mass is 16.5. The third-order valence-electron chi connectivity index (χ3n) is 3.87. The number of hydrogen-bond acceptors (Lipinski definition) is 5. The van der Waals surface area contributed by atoms with E-state index in [2.05, 4.69) is 41.3 Å². The number of rotatable bonds is 4. The lowest BCUT2D eigenvalue weighted by atomic mass is 10.1. The lowest BCUT2D eigenvalue weighted by Crippen LogP contribution is -2.35. The number of nitrogens with zero attached hydrogens (tertiary/aromatic N) is 2. The van der Waals surface area contributed by atoms with Gasteiger partial charge in [-0.15, -0.1) is 0 Å². The maximum absolute atomic E-state index is 5.85. The van der Waals surface area contributed by atoms with Crippen LogP contribution in [0.5, 0.6) is 11.5 Å². The molecule has 1 unspecified atom stereocenters. The van der Waals surface area contributed by atoms with Gasteiger partial charge in [0.25, 0.3) is 0 Å². The van der Waals surface area contributed by atoms with E-state index in [9.17, 15) is 0 Å². The fraction of sp³-hybridized carbons (Fsp3) is 0.562. The first kappa shape index (κ1) is 14.0. The molecule has 0 aromatic heterocycles. The normalized spacial score (nSPS) is 20.0. The van der Waals surface area contributed by atoms with Crippen molar-refractivity contribution in [3.8, 4) is 11.5 Å². The van der Waals surface area contributed by atoms with Crippen molar-refractivity contribution in [1.82, 2.24) is 10.2 Å². The van der Waals surface area contributed by atoms with Gasteiger partial charge in [0, 0.05) is 37.7 Å². The highest BCUT2D eigenvalue weighted by Crippen LogP contribution is 2.35. The summed E-state index contributed by atoms with van der Waals surface area (Å²) in [6.45, 7) is 7.32. The Kier molecular flexibility index (Phi) is 3.90. The first-order valence-electron chi connectivity index (χ1n) is 7.62. The van der Waals surface area contributed by atoms with Crippen LogP contribution in [-0.2, 0) is 13.0 Å². The van der Waals surface area contributed by atoms with Crippen molar-refractivity contribution < 1.29 is 9.47 Å². The zero-order valence-corrected chi connectivity index (χ0v) is 13.0. The Morgan fingerprint density at radius 1 is 1.48 bits per heavy atom. The van der Waals surface area contributed by atoms with Crippen molar-refractivity contribution in [2.75, 3.05) is 26.7 Å². The average Bonchev–Trinajstić information content (AvgIpc) is 3.01. The molecule has 1 atom stereocenters. The van der Waals surface area contributed by atoms with Gasteiger partial charge in [-0.2, -0.15) is 0 Å². The smallest absolute Gasteiger partial charge is 0.194 e. The molecule has 114 valence electrons. The Labute approximate surface area is 126 Å². The zero-order valence-electron chi connectivity index (χ0n) is 13.0. The minimum atomic E-state index is 0.253. The van der Waals surface area contributed by atoms with Gasteiger partial charge in [0.15, 0.2) is 5.96 Å². The van der Waals surface area contributed by atoms with Gasteiger partial charge in [-0.25, -0.2) is 0 Å². The van der Waals surface area contributed by atoms with Crippen LogP contribution in [0.1, 0.15) is 25.0 Å². The maximum Gasteiger partial charge on any atom is 0.194 e. The van der Waals surface area contributed by atoms with E-state index >= 15 is 0 Å². The molecule has 21 heavy (non-hydrogen) atoms. The van der Waals surface area contributed by atoms with Crippen LogP contribution in [0.3, 0.4) is 0 Å². The molecular weight excluding hydrogens is 266 g/mol. The van der Waals surface area contributed by atoms with Crippen molar-refractivity contribution in [2.45, 2.75) is 32.9 Å². The molecule has 0 bridgehead atoms. The molecule has 2 heterocycles. The topological polar surface area (TPSA) is 46.1 Å². The summed E-state index contributed by atoms with van der Waals surface area (Å²) in [4.78, 5) is 6.58. The van der Waals surface area contributed by atoms with E-state index in [0.29, 0.717) is 13.2 Å². The second kappa shape index (κ2) is 5.84. The summed E-state index contributed by atoms with van der Waals surface area (Å²) in [5.74, 6) is 2.89. The van der Waals surface area contributed by atoms with Crippen LogP contribution >= 0.6 is 0 Å². The molecule has 1 aromatic carbocycles. The van der Waals surface area contributed by atoms with Gasteiger partial charge in [-0.1, -0.05) is 0 Å². The average molecular weight is 289 g/mol. The van der Waals surface area contributed by atoms with Gasteiger partial charge in [0.1, 0.15) is 17.6 Å². The summed E-state index contributed by atoms with van der Waals surface area (Å²) < 4.78 is 11.6. The first-order chi connectivity index (χ1) is 10.2. The van der Waals surface area contributed by atoms with Crippen LogP contribution in [0.15, 0.2) is 17.1 Å². The molecule has 5 nitrogen and oxygen atoms in total.